The Morgan fingerprint density at radius 3 is 1.57 bits per heavy atom. The fourth-order valence-corrected chi connectivity index (χ4v) is 4.80. The second kappa shape index (κ2) is 6.77. The van der Waals surface area contributed by atoms with Crippen molar-refractivity contribution in [3.05, 3.63) is 58.5 Å². The first-order valence-corrected chi connectivity index (χ1v) is 9.71. The van der Waals surface area contributed by atoms with E-state index in [4.69, 9.17) is 9.97 Å². The Bertz CT molecular complexity index is 781. The molecule has 2 aromatic carbocycles. The normalized spacial score (nSPS) is 11.5. The van der Waals surface area contributed by atoms with Crippen LogP contribution in [-0.2, 0) is 12.8 Å². The first-order chi connectivity index (χ1) is 11.4. The minimum absolute atomic E-state index is 1.10. The Balaban J connectivity index is 1.27. The molecule has 2 aromatic heterocycles. The lowest BCUT2D eigenvalue weighted by Crippen LogP contribution is -1.87. The van der Waals surface area contributed by atoms with Crippen molar-refractivity contribution in [2.75, 3.05) is 0 Å². The smallest absolute Gasteiger partial charge is 0.0938 e. The Morgan fingerprint density at radius 1 is 0.609 bits per heavy atom. The van der Waals surface area contributed by atoms with E-state index < -0.39 is 0 Å². The van der Waals surface area contributed by atoms with Crippen molar-refractivity contribution in [2.24, 2.45) is 0 Å². The number of hydrogen-bond donors (Lipinski definition) is 0. The Morgan fingerprint density at radius 2 is 1.09 bits per heavy atom. The maximum atomic E-state index is 4.71. The number of nitrogens with zero attached hydrogens (tertiary/aromatic N) is 2. The molecule has 4 rings (SSSR count). The van der Waals surface area contributed by atoms with Gasteiger partial charge >= 0.3 is 0 Å². The summed E-state index contributed by atoms with van der Waals surface area (Å²) in [5, 5.41) is 2.54. The fraction of sp³-hybridized carbons (Fsp3) is 0.263. The SMILES string of the molecule is c1ccc2sc(CCCCCc3nc4ccccc4s3)nc2c1. The van der Waals surface area contributed by atoms with Crippen LogP contribution < -0.4 is 0 Å². The molecule has 0 N–H and O–H groups in total. The van der Waals surface area contributed by atoms with E-state index in [2.05, 4.69) is 48.5 Å². The van der Waals surface area contributed by atoms with Crippen LogP contribution in [0.5, 0.6) is 0 Å². The van der Waals surface area contributed by atoms with Gasteiger partial charge in [0.05, 0.1) is 30.4 Å². The largest absolute Gasteiger partial charge is 0.241 e. The summed E-state index contributed by atoms with van der Waals surface area (Å²) in [5.41, 5.74) is 2.28. The molecule has 116 valence electrons. The summed E-state index contributed by atoms with van der Waals surface area (Å²) < 4.78 is 2.61. The van der Waals surface area contributed by atoms with E-state index in [1.54, 1.807) is 0 Å². The average molecular weight is 339 g/mol. The van der Waals surface area contributed by atoms with E-state index in [1.165, 1.54) is 38.7 Å². The van der Waals surface area contributed by atoms with Crippen LogP contribution >= 0.6 is 22.7 Å². The fourth-order valence-electron chi connectivity index (χ4n) is 2.78. The highest BCUT2D eigenvalue weighted by Gasteiger charge is 2.04. The van der Waals surface area contributed by atoms with Gasteiger partial charge in [-0.2, -0.15) is 0 Å². The van der Waals surface area contributed by atoms with Crippen LogP contribution in [0, 0.1) is 0 Å². The van der Waals surface area contributed by atoms with Gasteiger partial charge in [0.1, 0.15) is 0 Å². The third kappa shape index (κ3) is 3.43. The summed E-state index contributed by atoms with van der Waals surface area (Å²) in [5.74, 6) is 0. The van der Waals surface area contributed by atoms with E-state index in [0.29, 0.717) is 0 Å². The lowest BCUT2D eigenvalue weighted by molar-refractivity contribution is 0.676. The number of fused-ring (bicyclic) bond motifs is 2. The zero-order valence-electron chi connectivity index (χ0n) is 12.9. The van der Waals surface area contributed by atoms with Gasteiger partial charge < -0.3 is 0 Å². The molecule has 0 spiro atoms. The molecule has 0 bridgehead atoms. The van der Waals surface area contributed by atoms with Crippen molar-refractivity contribution in [2.45, 2.75) is 32.1 Å². The minimum Gasteiger partial charge on any atom is -0.241 e. The van der Waals surface area contributed by atoms with E-state index in [0.717, 1.165) is 23.9 Å². The van der Waals surface area contributed by atoms with E-state index >= 15 is 0 Å². The average Bonchev–Trinajstić information content (AvgIpc) is 3.17. The number of aromatic nitrogens is 2. The lowest BCUT2D eigenvalue weighted by Gasteiger charge is -1.97. The van der Waals surface area contributed by atoms with Crippen molar-refractivity contribution >= 4 is 43.1 Å². The molecule has 0 aliphatic carbocycles. The molecule has 2 heterocycles. The van der Waals surface area contributed by atoms with Crippen molar-refractivity contribution in [3.63, 3.8) is 0 Å². The second-order valence-corrected chi connectivity index (χ2v) is 7.94. The molecule has 4 heteroatoms. The van der Waals surface area contributed by atoms with Crippen molar-refractivity contribution in [1.82, 2.24) is 9.97 Å². The number of rotatable bonds is 6. The van der Waals surface area contributed by atoms with Crippen LogP contribution in [0.4, 0.5) is 0 Å². The molecule has 0 aliphatic rings. The van der Waals surface area contributed by atoms with E-state index in [1.807, 2.05) is 22.7 Å². The van der Waals surface area contributed by atoms with Crippen LogP contribution in [0.3, 0.4) is 0 Å². The number of thiazole rings is 2. The van der Waals surface area contributed by atoms with E-state index in [9.17, 15) is 0 Å². The predicted octanol–water partition coefficient (Wildman–Crippen LogP) is 5.86. The quantitative estimate of drug-likeness (QED) is 0.411. The number of aryl methyl sites for hydroxylation is 2. The van der Waals surface area contributed by atoms with Crippen molar-refractivity contribution < 1.29 is 0 Å². The molecule has 4 aromatic rings. The summed E-state index contributed by atoms with van der Waals surface area (Å²) in [7, 11) is 0. The highest BCUT2D eigenvalue weighted by Crippen LogP contribution is 2.24. The van der Waals surface area contributed by atoms with Crippen molar-refractivity contribution in [1.29, 1.82) is 0 Å². The Labute approximate surface area is 143 Å². The molecular formula is C19H18N2S2. The first kappa shape index (κ1) is 14.8. The maximum absolute atomic E-state index is 4.71. The van der Waals surface area contributed by atoms with Crippen LogP contribution in [0.2, 0.25) is 0 Å². The van der Waals surface area contributed by atoms with Gasteiger partial charge in [-0.3, -0.25) is 0 Å². The van der Waals surface area contributed by atoms with Crippen LogP contribution in [0.15, 0.2) is 48.5 Å². The molecule has 0 aliphatic heterocycles. The minimum atomic E-state index is 1.10. The van der Waals surface area contributed by atoms with Gasteiger partial charge in [-0.05, 0) is 49.9 Å². The third-order valence-electron chi connectivity index (χ3n) is 3.96. The number of unbranched alkanes of at least 4 members (excludes halogenated alkanes) is 2. The Hall–Kier alpha value is -1.78. The molecule has 0 unspecified atom stereocenters. The van der Waals surface area contributed by atoms with Gasteiger partial charge in [0.2, 0.25) is 0 Å². The van der Waals surface area contributed by atoms with Gasteiger partial charge in [0.15, 0.2) is 0 Å². The summed E-state index contributed by atoms with van der Waals surface area (Å²) in [4.78, 5) is 9.41. The highest BCUT2D eigenvalue weighted by molar-refractivity contribution is 7.18. The molecule has 0 radical (unpaired) electrons. The molecule has 0 saturated carbocycles. The number of para-hydroxylation sites is 2. The van der Waals surface area contributed by atoms with Gasteiger partial charge in [0, 0.05) is 0 Å². The highest BCUT2D eigenvalue weighted by atomic mass is 32.1. The van der Waals surface area contributed by atoms with Crippen LogP contribution in [-0.4, -0.2) is 9.97 Å². The Kier molecular flexibility index (Phi) is 4.35. The van der Waals surface area contributed by atoms with Gasteiger partial charge in [-0.15, -0.1) is 22.7 Å². The number of hydrogen-bond acceptors (Lipinski definition) is 4. The van der Waals surface area contributed by atoms with Gasteiger partial charge in [-0.25, -0.2) is 9.97 Å². The molecule has 0 amide bonds. The van der Waals surface area contributed by atoms with Crippen molar-refractivity contribution in [3.8, 4) is 0 Å². The summed E-state index contributed by atoms with van der Waals surface area (Å²) in [6.07, 6.45) is 5.86. The molecular weight excluding hydrogens is 320 g/mol. The maximum Gasteiger partial charge on any atom is 0.0938 e. The zero-order chi connectivity index (χ0) is 15.5. The van der Waals surface area contributed by atoms with E-state index in [-0.39, 0.29) is 0 Å². The summed E-state index contributed by atoms with van der Waals surface area (Å²) in [6.45, 7) is 0. The first-order valence-electron chi connectivity index (χ1n) is 8.07. The van der Waals surface area contributed by atoms with Crippen LogP contribution in [0.25, 0.3) is 20.4 Å². The number of benzene rings is 2. The molecule has 23 heavy (non-hydrogen) atoms. The molecule has 2 nitrogen and oxygen atoms in total. The zero-order valence-corrected chi connectivity index (χ0v) is 14.5. The molecule has 0 fully saturated rings. The second-order valence-electron chi connectivity index (χ2n) is 5.71. The molecule has 0 atom stereocenters. The summed E-state index contributed by atoms with van der Waals surface area (Å²) in [6, 6.07) is 16.8. The monoisotopic (exact) mass is 338 g/mol. The van der Waals surface area contributed by atoms with Crippen LogP contribution in [0.1, 0.15) is 29.3 Å². The van der Waals surface area contributed by atoms with Gasteiger partial charge in [-0.1, -0.05) is 30.7 Å². The lowest BCUT2D eigenvalue weighted by atomic mass is 10.1. The standard InChI is InChI=1S/C19H18N2S2/c1(2-12-18-20-14-8-4-6-10-16(14)22-18)3-13-19-21-15-9-5-7-11-17(15)23-19/h4-11H,1-3,12-13H2. The predicted molar refractivity (Wildman–Crippen MR) is 100 cm³/mol. The summed E-state index contributed by atoms with van der Waals surface area (Å²) >= 11 is 3.67. The topological polar surface area (TPSA) is 25.8 Å². The molecule has 0 saturated heterocycles. The van der Waals surface area contributed by atoms with Gasteiger partial charge in [0.25, 0.3) is 0 Å². The third-order valence-corrected chi connectivity index (χ3v) is 6.15.